The second-order valence-electron chi connectivity index (χ2n) is 27.9. The number of carbonyl (C=O) groups excluding carboxylic acids is 6. The van der Waals surface area contributed by atoms with Crippen molar-refractivity contribution in [1.82, 2.24) is 30.7 Å². The molecular weight excluding hydrogens is 1690 g/mol. The molecule has 698 valence electrons. The number of amides is 5. The molecule has 0 fully saturated rings. The van der Waals surface area contributed by atoms with E-state index in [0.29, 0.717) is 208 Å². The highest BCUT2D eigenvalue weighted by Gasteiger charge is 2.27. The molecule has 4 N–H and O–H groups in total. The lowest BCUT2D eigenvalue weighted by Gasteiger charge is -2.23. The Balaban J connectivity index is 0.000000563. The number of alkyl carbamates (subject to hydrolysis) is 2. The molecule has 44 heteroatoms. The minimum Gasteiger partial charge on any atom is -0.445 e. The number of nitrogens with zero attached hydrogens (tertiary/aromatic N) is 14. The number of Topliss-reactive ketones (excluding diaryl/α,β-unsaturated/α-hetero) is 1. The third kappa shape index (κ3) is 48.6. The molecule has 0 aliphatic heterocycles. The molecule has 5 amide bonds. The van der Waals surface area contributed by atoms with Crippen molar-refractivity contribution in [1.29, 1.82) is 0 Å². The molecule has 0 saturated carbocycles. The normalized spacial score (nSPS) is 11.7. The number of unbranched alkanes of at least 4 members (excludes halogenated alkanes) is 3. The minimum absolute atomic E-state index is 0.0594. The lowest BCUT2D eigenvalue weighted by molar-refractivity contribution is -0.133. The monoisotopic (exact) mass is 1810 g/mol. The van der Waals surface area contributed by atoms with Crippen molar-refractivity contribution in [2.75, 3.05) is 237 Å². The molecule has 2 unspecified atom stereocenters. The van der Waals surface area contributed by atoms with Crippen LogP contribution in [0.4, 0.5) is 9.59 Å². The van der Waals surface area contributed by atoms with Gasteiger partial charge in [-0.2, -0.15) is 0 Å². The lowest BCUT2D eigenvalue weighted by atomic mass is 10.1. The van der Waals surface area contributed by atoms with Crippen LogP contribution in [-0.4, -0.2) is 311 Å². The fourth-order valence-electron chi connectivity index (χ4n) is 11.9. The van der Waals surface area contributed by atoms with Crippen molar-refractivity contribution < 1.29 is 112 Å². The van der Waals surface area contributed by atoms with E-state index in [1.165, 1.54) is 38.4 Å². The molecule has 1 heterocycles. The average molecular weight is 1810 g/mol. The summed E-state index contributed by atoms with van der Waals surface area (Å²) in [6.45, 7) is 14.4. The standard InChI is InChI=1S/C50H70N10O13S.C32H54N8O11S/c1-38-10-14-43(15-11-38)74(65,66)37-42(73-50(64)53-2)9-4-3-7-41(61)8-5-6-22-60-46-35-39(48(62)54-18-23-67-27-31-71-33-29-69-25-20-56-58-51)12-16-44(46)45-17-13-40(36-47(45)60)49(63)55-19-24-68-28-32-72-34-30-70-26-21-57-59-52;1-28-7-9-30(10-8-28)52(43,44)27-29(51-32(42)35-2)5-3-4-6-31(41)40(13-17-47-21-25-49-23-19-45-15-11-36-38-33)14-18-48-22-26-50-24-20-46-16-12-37-39-34/h10-17,35-36,42H,3-9,18-34,37H2,1-2H3,(H,53,64)(H,54,62)(H,55,63);7-10,29H,3-6,11-27H2,1-2H3,(H,35,42). The van der Waals surface area contributed by atoms with E-state index in [4.69, 9.17) is 88.4 Å². The van der Waals surface area contributed by atoms with Crippen LogP contribution < -0.4 is 21.3 Å². The van der Waals surface area contributed by atoms with Gasteiger partial charge in [-0.05, 0) is 136 Å². The van der Waals surface area contributed by atoms with Crippen LogP contribution in [0.3, 0.4) is 0 Å². The second-order valence-corrected chi connectivity index (χ2v) is 32.0. The van der Waals surface area contributed by atoms with E-state index < -0.39 is 44.1 Å². The van der Waals surface area contributed by atoms with Gasteiger partial charge in [0.1, 0.15) is 18.0 Å². The zero-order valence-electron chi connectivity index (χ0n) is 72.6. The van der Waals surface area contributed by atoms with Crippen molar-refractivity contribution >= 4 is 77.2 Å². The molecule has 0 spiro atoms. The number of fused-ring (bicyclic) bond motifs is 3. The molecule has 0 saturated heterocycles. The topological polar surface area (TPSA) is 551 Å². The number of hydrogen-bond donors (Lipinski definition) is 4. The highest BCUT2D eigenvalue weighted by Crippen LogP contribution is 2.32. The summed E-state index contributed by atoms with van der Waals surface area (Å²) in [7, 11) is -4.65. The number of ketones is 1. The van der Waals surface area contributed by atoms with Crippen molar-refractivity contribution in [3.8, 4) is 0 Å². The maximum atomic E-state index is 13.4. The van der Waals surface area contributed by atoms with Gasteiger partial charge in [0.25, 0.3) is 11.8 Å². The molecule has 0 aliphatic rings. The molecule has 0 bridgehead atoms. The first-order valence-electron chi connectivity index (χ1n) is 41.9. The van der Waals surface area contributed by atoms with Gasteiger partial charge in [0.15, 0.2) is 19.7 Å². The Bertz CT molecular complexity index is 4270. The van der Waals surface area contributed by atoms with E-state index in [1.807, 2.05) is 38.1 Å². The third-order valence-electron chi connectivity index (χ3n) is 18.4. The Hall–Kier alpha value is -10.0. The van der Waals surface area contributed by atoms with Gasteiger partial charge >= 0.3 is 12.2 Å². The van der Waals surface area contributed by atoms with Gasteiger partial charge in [-0.15, -0.1) is 0 Å². The van der Waals surface area contributed by atoms with Gasteiger partial charge in [0, 0.05) is 145 Å². The van der Waals surface area contributed by atoms with Crippen molar-refractivity contribution in [3.05, 3.63) is 149 Å². The molecule has 5 aromatic rings. The van der Waals surface area contributed by atoms with Gasteiger partial charge in [0.05, 0.1) is 180 Å². The summed E-state index contributed by atoms with van der Waals surface area (Å²) >= 11 is 0. The Morgan fingerprint density at radius 2 is 0.706 bits per heavy atom. The number of azide groups is 4. The highest BCUT2D eigenvalue weighted by molar-refractivity contribution is 7.91. The summed E-state index contributed by atoms with van der Waals surface area (Å²) < 4.78 is 131. The van der Waals surface area contributed by atoms with Crippen LogP contribution in [0.5, 0.6) is 0 Å². The van der Waals surface area contributed by atoms with Crippen molar-refractivity contribution in [2.45, 2.75) is 113 Å². The minimum atomic E-state index is -3.73. The molecule has 2 atom stereocenters. The summed E-state index contributed by atoms with van der Waals surface area (Å²) in [6.07, 6.45) is 1.18. The number of carbonyl (C=O) groups is 6. The predicted molar refractivity (Wildman–Crippen MR) is 467 cm³/mol. The molecule has 42 nitrogen and oxygen atoms in total. The van der Waals surface area contributed by atoms with Crippen LogP contribution in [0.15, 0.2) is 115 Å². The van der Waals surface area contributed by atoms with E-state index in [9.17, 15) is 45.6 Å². The number of nitrogens with one attached hydrogen (secondary N) is 4. The van der Waals surface area contributed by atoms with Gasteiger partial charge in [-0.3, -0.25) is 19.2 Å². The Morgan fingerprint density at radius 1 is 0.397 bits per heavy atom. The summed E-state index contributed by atoms with van der Waals surface area (Å²) in [5.74, 6) is -1.38. The smallest absolute Gasteiger partial charge is 0.407 e. The van der Waals surface area contributed by atoms with Crippen LogP contribution in [0, 0.1) is 13.8 Å². The van der Waals surface area contributed by atoms with Crippen LogP contribution in [0.1, 0.15) is 102 Å². The van der Waals surface area contributed by atoms with Gasteiger partial charge in [-0.25, -0.2) is 26.4 Å². The van der Waals surface area contributed by atoms with Gasteiger partial charge in [-0.1, -0.05) is 68.0 Å². The highest BCUT2D eigenvalue weighted by atomic mass is 32.2. The number of rotatable bonds is 73. The van der Waals surface area contributed by atoms with Crippen LogP contribution in [0.2, 0.25) is 0 Å². The van der Waals surface area contributed by atoms with Crippen LogP contribution >= 0.6 is 0 Å². The Morgan fingerprint density at radius 3 is 1.04 bits per heavy atom. The van der Waals surface area contributed by atoms with Crippen LogP contribution in [0.25, 0.3) is 63.6 Å². The van der Waals surface area contributed by atoms with E-state index in [0.717, 1.165) is 32.9 Å². The number of aryl methyl sites for hydroxylation is 3. The first kappa shape index (κ1) is 108. The first-order chi connectivity index (χ1) is 61.2. The quantitative estimate of drug-likeness (QED) is 0.0122. The lowest BCUT2D eigenvalue weighted by Crippen LogP contribution is -2.37. The van der Waals surface area contributed by atoms with Gasteiger partial charge in [0.2, 0.25) is 5.91 Å². The molecule has 0 radical (unpaired) electrons. The fraction of sp³-hybridized carbons (Fsp3) is 0.634. The maximum absolute atomic E-state index is 13.4. The second kappa shape index (κ2) is 68.2. The van der Waals surface area contributed by atoms with Crippen molar-refractivity contribution in [2.24, 2.45) is 20.5 Å². The summed E-state index contributed by atoms with van der Waals surface area (Å²) in [4.78, 5) is 89.7. The molecule has 126 heavy (non-hydrogen) atoms. The molecule has 4 aromatic carbocycles. The third-order valence-corrected chi connectivity index (χ3v) is 22.0. The Kier molecular flexibility index (Phi) is 58.6. The maximum Gasteiger partial charge on any atom is 0.407 e. The van der Waals surface area contributed by atoms with Crippen LogP contribution in [-0.2, 0) is 102 Å². The summed E-state index contributed by atoms with van der Waals surface area (Å²) in [6, 6.07) is 23.9. The number of benzene rings is 4. The Labute approximate surface area is 735 Å². The zero-order valence-corrected chi connectivity index (χ0v) is 74.3. The zero-order chi connectivity index (χ0) is 91.4. The molecule has 1 aromatic heterocycles. The molecule has 5 rings (SSSR count). The summed E-state index contributed by atoms with van der Waals surface area (Å²) in [5.41, 5.74) is 37.4. The predicted octanol–water partition coefficient (Wildman–Crippen LogP) is 10.4. The van der Waals surface area contributed by atoms with E-state index in [2.05, 4.69) is 65.9 Å². The molecular formula is C82H124N18O24S2. The SMILES string of the molecule is CNC(=O)OC(CCCCC(=O)CCCCn1c2cc(C(=O)NCCOCCOCCOCCN=[N+]=[N-])ccc2c2ccc(C(=O)NCCOCCOCCOCCN=[N+]=[N-])cc21)CS(=O)(=O)c1ccc(C)cc1.CNC(=O)OC(CCCCC(=O)N(CCOCCOCCOCCN=[N+]=[N-])CCOCCOCCOCCN=[N+]=[N-])CS(=O)(=O)c1ccc(C)cc1. The average Bonchev–Trinajstić information content (AvgIpc) is 1.60. The largest absolute Gasteiger partial charge is 0.445 e. The fourth-order valence-corrected chi connectivity index (χ4v) is 14.9. The molecule has 0 aliphatic carbocycles. The van der Waals surface area contributed by atoms with E-state index in [-0.39, 0.29) is 136 Å². The van der Waals surface area contributed by atoms with Gasteiger partial charge < -0.3 is 97.1 Å². The number of sulfone groups is 2. The summed E-state index contributed by atoms with van der Waals surface area (Å²) in [5, 5.41) is 25.9. The van der Waals surface area contributed by atoms with Crippen molar-refractivity contribution in [3.63, 3.8) is 0 Å². The number of aromatic nitrogens is 1. The van der Waals surface area contributed by atoms with E-state index in [1.54, 1.807) is 41.3 Å². The van der Waals surface area contributed by atoms with E-state index >= 15 is 0 Å². The number of hydrogen-bond acceptors (Lipinski definition) is 28. The number of ether oxygens (including phenoxy) is 14. The first-order valence-corrected chi connectivity index (χ1v) is 45.2.